The van der Waals surface area contributed by atoms with Crippen LogP contribution in [0.4, 0.5) is 0 Å². The van der Waals surface area contributed by atoms with Gasteiger partial charge in [-0.2, -0.15) is 0 Å². The Morgan fingerprint density at radius 3 is 1.39 bits per heavy atom. The Balaban J connectivity index is 0.000000490. The number of imide groups is 1. The molecule has 0 aromatic rings. The van der Waals surface area contributed by atoms with E-state index < -0.39 is 31.0 Å². The number of nitrogens with one attached hydrogen (secondary N) is 5. The van der Waals surface area contributed by atoms with Crippen LogP contribution in [0.2, 0.25) is 0 Å². The predicted octanol–water partition coefficient (Wildman–Crippen LogP) is -5.04. The number of rotatable bonds is 5. The maximum atomic E-state index is 10.0. The van der Waals surface area contributed by atoms with Gasteiger partial charge < -0.3 is 51.6 Å². The van der Waals surface area contributed by atoms with Gasteiger partial charge in [-0.3, -0.25) is 14.9 Å². The number of carbonyl (C=O) groups excluding carboxylic acids is 3. The largest absolute Gasteiger partial charge is 0.394 e. The van der Waals surface area contributed by atoms with Gasteiger partial charge in [0.25, 0.3) is 11.8 Å². The molecule has 4 atom stereocenters. The fourth-order valence-electron chi connectivity index (χ4n) is 2.50. The number of carbonyl (C=O) groups is 3. The summed E-state index contributed by atoms with van der Waals surface area (Å²) < 4.78 is 0. The van der Waals surface area contributed by atoms with E-state index in [4.69, 9.17) is 25.5 Å². The smallest absolute Gasteiger partial charge is 0.250 e. The van der Waals surface area contributed by atoms with Crippen LogP contribution in [0.1, 0.15) is 12.8 Å². The number of aldehydes is 1. The SMILES string of the molecule is C1CNCCNCCCNCCNC1.O=C1C=CC(=O)N1.O=C[C@H](O)[C@@H](O)[C@H](O)[C@H](O)CO. The summed E-state index contributed by atoms with van der Waals surface area (Å²) in [5.74, 6) is -0.657. The number of hydrogen-bond acceptors (Lipinski definition) is 12. The predicted molar refractivity (Wildman–Crippen MR) is 120 cm³/mol. The lowest BCUT2D eigenvalue weighted by Gasteiger charge is -2.22. The number of amides is 2. The van der Waals surface area contributed by atoms with E-state index in [9.17, 15) is 14.4 Å². The average molecular weight is 478 g/mol. The minimum Gasteiger partial charge on any atom is -0.394 e. The number of aliphatic hydroxyl groups excluding tert-OH is 5. The molecule has 1 saturated heterocycles. The van der Waals surface area contributed by atoms with Crippen LogP contribution in [0.3, 0.4) is 0 Å². The molecule has 2 heterocycles. The van der Waals surface area contributed by atoms with Crippen molar-refractivity contribution in [3.8, 4) is 0 Å². The van der Waals surface area contributed by atoms with Gasteiger partial charge in [-0.05, 0) is 39.0 Å². The minimum absolute atomic E-state index is 0.0258. The quantitative estimate of drug-likeness (QED) is 0.133. The molecule has 0 saturated carbocycles. The first kappa shape index (κ1) is 31.2. The third-order valence-corrected chi connectivity index (χ3v) is 4.42. The van der Waals surface area contributed by atoms with Gasteiger partial charge in [0.1, 0.15) is 24.4 Å². The van der Waals surface area contributed by atoms with Gasteiger partial charge in [-0.1, -0.05) is 0 Å². The summed E-state index contributed by atoms with van der Waals surface area (Å²) in [6.07, 6.45) is -2.00. The van der Waals surface area contributed by atoms with Crippen LogP contribution in [0.5, 0.6) is 0 Å². The second kappa shape index (κ2) is 20.8. The molecule has 2 rings (SSSR count). The Kier molecular flexibility index (Phi) is 19.6. The molecule has 192 valence electrons. The molecule has 2 aliphatic rings. The summed E-state index contributed by atoms with van der Waals surface area (Å²) in [4.78, 5) is 30.0. The van der Waals surface area contributed by atoms with E-state index >= 15 is 0 Å². The van der Waals surface area contributed by atoms with Crippen molar-refractivity contribution in [3.05, 3.63) is 12.2 Å². The van der Waals surface area contributed by atoms with E-state index in [0.29, 0.717) is 0 Å². The van der Waals surface area contributed by atoms with Crippen LogP contribution in [0.15, 0.2) is 12.2 Å². The van der Waals surface area contributed by atoms with Crippen molar-refractivity contribution in [2.75, 3.05) is 59.0 Å². The summed E-state index contributed by atoms with van der Waals surface area (Å²) in [5, 5.41) is 59.2. The van der Waals surface area contributed by atoms with Crippen molar-refractivity contribution < 1.29 is 39.9 Å². The van der Waals surface area contributed by atoms with Gasteiger partial charge in [0, 0.05) is 38.3 Å². The van der Waals surface area contributed by atoms with Gasteiger partial charge >= 0.3 is 0 Å². The standard InChI is InChI=1S/C10H24N4.C6H12O6.C4H3NO2/c1-3-11-7-9-13-5-2-6-14-10-8-12-4-1;7-1-3(9)5(11)6(12)4(10)2-8;6-3-1-2-4(7)5-3/h11-14H,1-10H2;1,3-6,8-12H,2H2;1-2H,(H,5,6,7)/t;3-,4+,5+,6+;/m.0./s1. The Bertz CT molecular complexity index is 497. The fourth-order valence-corrected chi connectivity index (χ4v) is 2.50. The van der Waals surface area contributed by atoms with Gasteiger partial charge in [-0.25, -0.2) is 0 Å². The van der Waals surface area contributed by atoms with Crippen LogP contribution in [0, 0.1) is 0 Å². The fraction of sp³-hybridized carbons (Fsp3) is 0.750. The second-order valence-corrected chi connectivity index (χ2v) is 7.25. The van der Waals surface area contributed by atoms with Crippen LogP contribution in [-0.4, -0.2) is 127 Å². The molecule has 10 N–H and O–H groups in total. The molecular weight excluding hydrogens is 438 g/mol. The van der Waals surface area contributed by atoms with Gasteiger partial charge in [-0.15, -0.1) is 0 Å². The van der Waals surface area contributed by atoms with Crippen LogP contribution in [0.25, 0.3) is 0 Å². The molecule has 0 unspecified atom stereocenters. The summed E-state index contributed by atoms with van der Waals surface area (Å²) >= 11 is 0. The molecule has 1 fully saturated rings. The Morgan fingerprint density at radius 1 is 0.727 bits per heavy atom. The maximum absolute atomic E-state index is 10.0. The van der Waals surface area contributed by atoms with E-state index in [-0.39, 0.29) is 18.1 Å². The van der Waals surface area contributed by atoms with Gasteiger partial charge in [0.2, 0.25) is 0 Å². The highest BCUT2D eigenvalue weighted by Crippen LogP contribution is 2.02. The highest BCUT2D eigenvalue weighted by Gasteiger charge is 2.29. The molecule has 0 spiro atoms. The zero-order chi connectivity index (χ0) is 24.9. The second-order valence-electron chi connectivity index (χ2n) is 7.25. The molecule has 33 heavy (non-hydrogen) atoms. The van der Waals surface area contributed by atoms with E-state index in [1.165, 1.54) is 25.0 Å². The monoisotopic (exact) mass is 477 g/mol. The molecule has 0 radical (unpaired) electrons. The third-order valence-electron chi connectivity index (χ3n) is 4.42. The molecular formula is C20H39N5O8. The third kappa shape index (κ3) is 17.3. The average Bonchev–Trinajstić information content (AvgIpc) is 3.21. The lowest BCUT2D eigenvalue weighted by Crippen LogP contribution is -2.46. The van der Waals surface area contributed by atoms with Crippen molar-refractivity contribution >= 4 is 18.1 Å². The van der Waals surface area contributed by atoms with Gasteiger partial charge in [0.05, 0.1) is 6.61 Å². The lowest BCUT2D eigenvalue weighted by molar-refractivity contribution is -0.136. The lowest BCUT2D eigenvalue weighted by atomic mass is 10.0. The van der Waals surface area contributed by atoms with E-state index in [0.717, 1.165) is 52.4 Å². The molecule has 0 aromatic heterocycles. The van der Waals surface area contributed by atoms with Crippen molar-refractivity contribution in [1.82, 2.24) is 26.6 Å². The van der Waals surface area contributed by atoms with E-state index in [2.05, 4.69) is 21.3 Å². The van der Waals surface area contributed by atoms with Crippen LogP contribution in [-0.2, 0) is 14.4 Å². The first-order valence-electron chi connectivity index (χ1n) is 11.0. The summed E-state index contributed by atoms with van der Waals surface area (Å²) in [6.45, 7) is 8.11. The van der Waals surface area contributed by atoms with Crippen molar-refractivity contribution in [2.24, 2.45) is 0 Å². The number of aliphatic hydroxyl groups is 5. The van der Waals surface area contributed by atoms with E-state index in [1.807, 2.05) is 5.32 Å². The first-order chi connectivity index (χ1) is 15.8. The molecule has 0 aromatic carbocycles. The zero-order valence-corrected chi connectivity index (χ0v) is 18.8. The Labute approximate surface area is 193 Å². The normalized spacial score (nSPS) is 21.6. The molecule has 0 aliphatic carbocycles. The van der Waals surface area contributed by atoms with Crippen molar-refractivity contribution in [2.45, 2.75) is 37.3 Å². The van der Waals surface area contributed by atoms with Crippen LogP contribution < -0.4 is 26.6 Å². The molecule has 2 amide bonds. The Hall–Kier alpha value is -1.81. The first-order valence-corrected chi connectivity index (χ1v) is 11.0. The molecule has 13 nitrogen and oxygen atoms in total. The van der Waals surface area contributed by atoms with E-state index in [1.54, 1.807) is 0 Å². The number of hydrogen-bond donors (Lipinski definition) is 10. The van der Waals surface area contributed by atoms with Crippen LogP contribution >= 0.6 is 0 Å². The highest BCUT2D eigenvalue weighted by atomic mass is 16.4. The van der Waals surface area contributed by atoms with Crippen molar-refractivity contribution in [1.29, 1.82) is 0 Å². The molecule has 0 bridgehead atoms. The van der Waals surface area contributed by atoms with Crippen molar-refractivity contribution in [3.63, 3.8) is 0 Å². The molecule has 13 heteroatoms. The zero-order valence-electron chi connectivity index (χ0n) is 18.8. The molecule has 2 aliphatic heterocycles. The highest BCUT2D eigenvalue weighted by molar-refractivity contribution is 6.12. The minimum atomic E-state index is -1.79. The summed E-state index contributed by atoms with van der Waals surface area (Å²) in [5.41, 5.74) is 0. The Morgan fingerprint density at radius 2 is 1.12 bits per heavy atom. The summed E-state index contributed by atoms with van der Waals surface area (Å²) in [7, 11) is 0. The van der Waals surface area contributed by atoms with Gasteiger partial charge in [0.15, 0.2) is 6.29 Å². The maximum Gasteiger partial charge on any atom is 0.250 e. The summed E-state index contributed by atoms with van der Waals surface area (Å²) in [6, 6.07) is 0. The topological polar surface area (TPSA) is 213 Å².